The summed E-state index contributed by atoms with van der Waals surface area (Å²) in [5.41, 5.74) is 3.34. The van der Waals surface area contributed by atoms with Crippen LogP contribution in [-0.4, -0.2) is 21.7 Å². The summed E-state index contributed by atoms with van der Waals surface area (Å²) in [4.78, 5) is 32.7. The number of rotatable bonds is 8. The Hall–Kier alpha value is -3.34. The van der Waals surface area contributed by atoms with Crippen molar-refractivity contribution in [3.8, 4) is 11.3 Å². The molecule has 0 aliphatic heterocycles. The lowest BCUT2D eigenvalue weighted by Gasteiger charge is -2.10. The lowest BCUT2D eigenvalue weighted by Crippen LogP contribution is -2.23. The minimum atomic E-state index is -0.0724. The van der Waals surface area contributed by atoms with Gasteiger partial charge >= 0.3 is 0 Å². The standard InChI is InChI=1S/C22H21N3O2/c26-20(17-7-2-1-3-8-17)11-4-12-21(27)25-16-19-10-6-14-24-22(19)18-9-5-13-23-15-18/h1-3,5-10,13-15H,4,11-12,16H2,(H,25,27). The summed E-state index contributed by atoms with van der Waals surface area (Å²) >= 11 is 0. The molecule has 2 heterocycles. The quantitative estimate of drug-likeness (QED) is 0.621. The number of carbonyl (C=O) groups is 2. The van der Waals surface area contributed by atoms with Gasteiger partial charge in [0.1, 0.15) is 0 Å². The fraction of sp³-hybridized carbons (Fsp3) is 0.182. The van der Waals surface area contributed by atoms with Crippen molar-refractivity contribution in [2.75, 3.05) is 0 Å². The van der Waals surface area contributed by atoms with E-state index in [2.05, 4.69) is 15.3 Å². The van der Waals surface area contributed by atoms with E-state index >= 15 is 0 Å². The minimum absolute atomic E-state index is 0.0644. The molecule has 1 aromatic carbocycles. The van der Waals surface area contributed by atoms with Crippen LogP contribution in [0.1, 0.15) is 35.2 Å². The molecule has 2 aromatic heterocycles. The van der Waals surface area contributed by atoms with Crippen LogP contribution in [0.2, 0.25) is 0 Å². The zero-order valence-electron chi connectivity index (χ0n) is 15.0. The van der Waals surface area contributed by atoms with E-state index in [-0.39, 0.29) is 11.7 Å². The molecule has 0 unspecified atom stereocenters. The Balaban J connectivity index is 1.49. The first-order chi connectivity index (χ1) is 13.2. The van der Waals surface area contributed by atoms with Crippen LogP contribution in [0.4, 0.5) is 0 Å². The Bertz CT molecular complexity index is 896. The van der Waals surface area contributed by atoms with Gasteiger partial charge in [0.2, 0.25) is 5.91 Å². The van der Waals surface area contributed by atoms with Crippen molar-refractivity contribution in [3.05, 3.63) is 84.3 Å². The van der Waals surface area contributed by atoms with Crippen molar-refractivity contribution in [2.45, 2.75) is 25.8 Å². The van der Waals surface area contributed by atoms with Crippen LogP contribution in [-0.2, 0) is 11.3 Å². The van der Waals surface area contributed by atoms with Crippen LogP contribution >= 0.6 is 0 Å². The van der Waals surface area contributed by atoms with E-state index in [0.717, 1.165) is 16.8 Å². The van der Waals surface area contributed by atoms with Crippen molar-refractivity contribution in [3.63, 3.8) is 0 Å². The maximum absolute atomic E-state index is 12.1. The number of amides is 1. The van der Waals surface area contributed by atoms with Crippen LogP contribution < -0.4 is 5.32 Å². The molecule has 0 saturated carbocycles. The van der Waals surface area contributed by atoms with Gasteiger partial charge in [0.05, 0.1) is 5.69 Å². The Kier molecular flexibility index (Phi) is 6.41. The smallest absolute Gasteiger partial charge is 0.220 e. The number of hydrogen-bond acceptors (Lipinski definition) is 4. The van der Waals surface area contributed by atoms with Crippen LogP contribution in [0.15, 0.2) is 73.2 Å². The van der Waals surface area contributed by atoms with Gasteiger partial charge < -0.3 is 5.32 Å². The Morgan fingerprint density at radius 2 is 1.70 bits per heavy atom. The van der Waals surface area contributed by atoms with E-state index in [4.69, 9.17) is 0 Å². The number of nitrogens with one attached hydrogen (secondary N) is 1. The third-order valence-electron chi connectivity index (χ3n) is 4.21. The summed E-state index contributed by atoms with van der Waals surface area (Å²) in [5, 5.41) is 2.91. The van der Waals surface area contributed by atoms with Gasteiger partial charge in [-0.3, -0.25) is 19.6 Å². The van der Waals surface area contributed by atoms with E-state index in [0.29, 0.717) is 31.4 Å². The van der Waals surface area contributed by atoms with Gasteiger partial charge in [-0.2, -0.15) is 0 Å². The van der Waals surface area contributed by atoms with Crippen molar-refractivity contribution >= 4 is 11.7 Å². The van der Waals surface area contributed by atoms with Crippen LogP contribution in [0, 0.1) is 0 Å². The molecule has 1 amide bonds. The van der Waals surface area contributed by atoms with Gasteiger partial charge in [0.15, 0.2) is 5.78 Å². The third-order valence-corrected chi connectivity index (χ3v) is 4.21. The second kappa shape index (κ2) is 9.38. The van der Waals surface area contributed by atoms with Crippen molar-refractivity contribution in [2.24, 2.45) is 0 Å². The number of aromatic nitrogens is 2. The fourth-order valence-corrected chi connectivity index (χ4v) is 2.80. The van der Waals surface area contributed by atoms with E-state index in [1.807, 2.05) is 42.5 Å². The molecule has 1 N–H and O–H groups in total. The number of Topliss-reactive ketones (excluding diaryl/α,β-unsaturated/α-hetero) is 1. The Morgan fingerprint density at radius 1 is 0.889 bits per heavy atom. The molecule has 0 aliphatic rings. The number of carbonyl (C=O) groups excluding carboxylic acids is 2. The molecular weight excluding hydrogens is 338 g/mol. The van der Waals surface area contributed by atoms with Crippen LogP contribution in [0.5, 0.6) is 0 Å². The predicted molar refractivity (Wildman–Crippen MR) is 104 cm³/mol. The van der Waals surface area contributed by atoms with E-state index in [9.17, 15) is 9.59 Å². The van der Waals surface area contributed by atoms with Crippen molar-refractivity contribution in [1.29, 1.82) is 0 Å². The fourth-order valence-electron chi connectivity index (χ4n) is 2.80. The van der Waals surface area contributed by atoms with E-state index in [1.165, 1.54) is 0 Å². The zero-order valence-corrected chi connectivity index (χ0v) is 15.0. The van der Waals surface area contributed by atoms with Crippen LogP contribution in [0.25, 0.3) is 11.3 Å². The second-order valence-corrected chi connectivity index (χ2v) is 6.17. The molecular formula is C22H21N3O2. The molecule has 0 atom stereocenters. The van der Waals surface area contributed by atoms with Gasteiger partial charge in [-0.25, -0.2) is 0 Å². The molecule has 0 saturated heterocycles. The molecule has 0 spiro atoms. The van der Waals surface area contributed by atoms with Crippen LogP contribution in [0.3, 0.4) is 0 Å². The maximum Gasteiger partial charge on any atom is 0.220 e. The zero-order chi connectivity index (χ0) is 18.9. The molecule has 5 heteroatoms. The summed E-state index contributed by atoms with van der Waals surface area (Å²) in [7, 11) is 0. The van der Waals surface area contributed by atoms with Gasteiger partial charge in [-0.15, -0.1) is 0 Å². The molecule has 0 radical (unpaired) electrons. The molecule has 27 heavy (non-hydrogen) atoms. The van der Waals surface area contributed by atoms with Gasteiger partial charge in [-0.1, -0.05) is 36.4 Å². The largest absolute Gasteiger partial charge is 0.352 e. The topological polar surface area (TPSA) is 72.0 Å². The lowest BCUT2D eigenvalue weighted by atomic mass is 10.1. The lowest BCUT2D eigenvalue weighted by molar-refractivity contribution is -0.121. The predicted octanol–water partition coefficient (Wildman–Crippen LogP) is 3.81. The molecule has 5 nitrogen and oxygen atoms in total. The molecule has 0 bridgehead atoms. The van der Waals surface area contributed by atoms with E-state index in [1.54, 1.807) is 30.7 Å². The highest BCUT2D eigenvalue weighted by molar-refractivity contribution is 5.96. The number of nitrogens with zero attached hydrogens (tertiary/aromatic N) is 2. The number of benzene rings is 1. The van der Waals surface area contributed by atoms with Gasteiger partial charge in [0.25, 0.3) is 0 Å². The molecule has 0 fully saturated rings. The first-order valence-electron chi connectivity index (χ1n) is 8.93. The number of pyridine rings is 2. The molecule has 3 rings (SSSR count). The third kappa shape index (κ3) is 5.31. The summed E-state index contributed by atoms with van der Waals surface area (Å²) in [6, 6.07) is 16.7. The highest BCUT2D eigenvalue weighted by atomic mass is 16.1. The molecule has 3 aromatic rings. The monoisotopic (exact) mass is 359 g/mol. The first-order valence-corrected chi connectivity index (χ1v) is 8.93. The summed E-state index contributed by atoms with van der Waals surface area (Å²) in [5.74, 6) is -0.00799. The second-order valence-electron chi connectivity index (χ2n) is 6.17. The highest BCUT2D eigenvalue weighted by Crippen LogP contribution is 2.19. The number of hydrogen-bond donors (Lipinski definition) is 1. The molecule has 136 valence electrons. The van der Waals surface area contributed by atoms with Crippen molar-refractivity contribution < 1.29 is 9.59 Å². The van der Waals surface area contributed by atoms with Crippen molar-refractivity contribution in [1.82, 2.24) is 15.3 Å². The van der Waals surface area contributed by atoms with Gasteiger partial charge in [0, 0.05) is 49.1 Å². The van der Waals surface area contributed by atoms with Gasteiger partial charge in [-0.05, 0) is 30.2 Å². The SMILES string of the molecule is O=C(CCCC(=O)c1ccccc1)NCc1cccnc1-c1cccnc1. The Morgan fingerprint density at radius 3 is 2.48 bits per heavy atom. The Labute approximate surface area is 158 Å². The summed E-state index contributed by atoms with van der Waals surface area (Å²) < 4.78 is 0. The average molecular weight is 359 g/mol. The molecule has 0 aliphatic carbocycles. The average Bonchev–Trinajstić information content (AvgIpc) is 2.73. The number of ketones is 1. The minimum Gasteiger partial charge on any atom is -0.352 e. The maximum atomic E-state index is 12.1. The summed E-state index contributed by atoms with van der Waals surface area (Å²) in [6.45, 7) is 0.392. The van der Waals surface area contributed by atoms with E-state index < -0.39 is 0 Å². The summed E-state index contributed by atoms with van der Waals surface area (Å²) in [6.07, 6.45) is 6.41. The highest BCUT2D eigenvalue weighted by Gasteiger charge is 2.10. The normalized spacial score (nSPS) is 10.4. The first kappa shape index (κ1) is 18.5.